The molecule has 2 unspecified atom stereocenters. The third-order valence-electron chi connectivity index (χ3n) is 4.80. The number of alkyl carbamates (subject to hydrolysis) is 1. The minimum atomic E-state index is -4.01. The molecular formula is C24H32NO7P. The van der Waals surface area contributed by atoms with Gasteiger partial charge in [-0.05, 0) is 24.5 Å². The van der Waals surface area contributed by atoms with E-state index >= 15 is 0 Å². The van der Waals surface area contributed by atoms with E-state index < -0.39 is 31.5 Å². The van der Waals surface area contributed by atoms with Crippen LogP contribution in [-0.2, 0) is 41.1 Å². The van der Waals surface area contributed by atoms with Crippen LogP contribution in [-0.4, -0.2) is 31.1 Å². The average molecular weight is 477 g/mol. The summed E-state index contributed by atoms with van der Waals surface area (Å²) < 4.78 is 35.3. The molecule has 0 radical (unpaired) electrons. The van der Waals surface area contributed by atoms with Crippen molar-refractivity contribution in [2.24, 2.45) is 0 Å². The van der Waals surface area contributed by atoms with E-state index in [1.807, 2.05) is 67.6 Å². The number of esters is 1. The van der Waals surface area contributed by atoms with Crippen molar-refractivity contribution in [2.45, 2.75) is 58.2 Å². The molecule has 9 heteroatoms. The van der Waals surface area contributed by atoms with Crippen LogP contribution < -0.4 is 5.32 Å². The maximum Gasteiger partial charge on any atom is 0.408 e. The highest BCUT2D eigenvalue weighted by Crippen LogP contribution is 2.55. The first kappa shape index (κ1) is 26.6. The molecule has 2 rings (SSSR count). The van der Waals surface area contributed by atoms with Crippen LogP contribution in [0.3, 0.4) is 0 Å². The SMILES string of the molecule is CCCCC(NC(=O)OCc1ccccc1)P(=O)(OCc1ccccc1)O[C@@H](C)C(=O)OC. The van der Waals surface area contributed by atoms with Crippen molar-refractivity contribution in [2.75, 3.05) is 7.11 Å². The number of hydrogen-bond acceptors (Lipinski definition) is 7. The third kappa shape index (κ3) is 9.00. The van der Waals surface area contributed by atoms with Crippen molar-refractivity contribution in [3.63, 3.8) is 0 Å². The molecule has 180 valence electrons. The van der Waals surface area contributed by atoms with E-state index in [9.17, 15) is 14.2 Å². The van der Waals surface area contributed by atoms with Crippen LogP contribution in [0.1, 0.15) is 44.2 Å². The largest absolute Gasteiger partial charge is 0.467 e. The van der Waals surface area contributed by atoms with Gasteiger partial charge in [-0.1, -0.05) is 80.4 Å². The lowest BCUT2D eigenvalue weighted by atomic mass is 10.2. The Kier molecular flexibility index (Phi) is 11.1. The van der Waals surface area contributed by atoms with Gasteiger partial charge in [-0.3, -0.25) is 9.09 Å². The Labute approximate surface area is 195 Å². The molecule has 8 nitrogen and oxygen atoms in total. The number of carbonyl (C=O) groups excluding carboxylic acids is 2. The van der Waals surface area contributed by atoms with Crippen molar-refractivity contribution < 1.29 is 32.7 Å². The quantitative estimate of drug-likeness (QED) is 0.304. The van der Waals surface area contributed by atoms with E-state index in [0.717, 1.165) is 17.5 Å². The molecule has 0 aliphatic heterocycles. The molecule has 0 aromatic heterocycles. The predicted molar refractivity (Wildman–Crippen MR) is 124 cm³/mol. The molecule has 2 aromatic carbocycles. The van der Waals surface area contributed by atoms with E-state index in [1.54, 1.807) is 0 Å². The second-order valence-electron chi connectivity index (χ2n) is 7.43. The van der Waals surface area contributed by atoms with Crippen LogP contribution in [0.5, 0.6) is 0 Å². The van der Waals surface area contributed by atoms with Crippen LogP contribution in [0, 0.1) is 0 Å². The van der Waals surface area contributed by atoms with Gasteiger partial charge in [0.2, 0.25) is 0 Å². The Morgan fingerprint density at radius 3 is 2.09 bits per heavy atom. The normalized spacial score (nSPS) is 14.5. The van der Waals surface area contributed by atoms with Gasteiger partial charge in [-0.2, -0.15) is 0 Å². The summed E-state index contributed by atoms with van der Waals surface area (Å²) in [5, 5.41) is 2.63. The predicted octanol–water partition coefficient (Wildman–Crippen LogP) is 5.42. The van der Waals surface area contributed by atoms with Gasteiger partial charge in [-0.25, -0.2) is 9.59 Å². The van der Waals surface area contributed by atoms with E-state index in [-0.39, 0.29) is 13.2 Å². The van der Waals surface area contributed by atoms with Crippen molar-refractivity contribution in [3.05, 3.63) is 71.8 Å². The molecule has 0 aliphatic rings. The summed E-state index contributed by atoms with van der Waals surface area (Å²) in [6.45, 7) is 3.44. The molecule has 3 atom stereocenters. The maximum atomic E-state index is 13.9. The third-order valence-corrected chi connectivity index (χ3v) is 7.05. The van der Waals surface area contributed by atoms with Gasteiger partial charge in [0, 0.05) is 0 Å². The smallest absolute Gasteiger partial charge is 0.408 e. The summed E-state index contributed by atoms with van der Waals surface area (Å²) in [7, 11) is -2.80. The molecule has 1 N–H and O–H groups in total. The second-order valence-corrected chi connectivity index (χ2v) is 9.61. The number of amides is 1. The van der Waals surface area contributed by atoms with Crippen LogP contribution in [0.25, 0.3) is 0 Å². The number of benzene rings is 2. The molecule has 0 aliphatic carbocycles. The van der Waals surface area contributed by atoms with Gasteiger partial charge < -0.3 is 19.3 Å². The lowest BCUT2D eigenvalue weighted by molar-refractivity contribution is -0.148. The Bertz CT molecular complexity index is 908. The number of rotatable bonds is 13. The second kappa shape index (κ2) is 13.8. The van der Waals surface area contributed by atoms with Crippen LogP contribution in [0.4, 0.5) is 4.79 Å². The van der Waals surface area contributed by atoms with Crippen molar-refractivity contribution in [1.29, 1.82) is 0 Å². The zero-order valence-corrected chi connectivity index (χ0v) is 20.2. The molecule has 0 saturated carbocycles. The Morgan fingerprint density at radius 1 is 0.970 bits per heavy atom. The van der Waals surface area contributed by atoms with E-state index in [0.29, 0.717) is 12.8 Å². The van der Waals surface area contributed by atoms with Crippen molar-refractivity contribution in [1.82, 2.24) is 5.32 Å². The summed E-state index contributed by atoms with van der Waals surface area (Å²) in [6.07, 6.45) is -0.141. The van der Waals surface area contributed by atoms with Crippen molar-refractivity contribution >= 4 is 19.7 Å². The number of ether oxygens (including phenoxy) is 2. The number of nitrogens with one attached hydrogen (secondary N) is 1. The van der Waals surface area contributed by atoms with E-state index in [4.69, 9.17) is 18.5 Å². The highest BCUT2D eigenvalue weighted by atomic mass is 31.2. The summed E-state index contributed by atoms with van der Waals surface area (Å²) in [4.78, 5) is 24.5. The molecule has 0 bridgehead atoms. The molecule has 2 aromatic rings. The standard InChI is InChI=1S/C24H32NO7P/c1-4-5-16-22(25-24(27)30-17-20-12-8-6-9-13-20)33(28,32-19(2)23(26)29-3)31-18-21-14-10-7-11-15-21/h6-15,19,22H,4-5,16-18H2,1-3H3,(H,25,27)/t19-,22?,33?/m0/s1. The molecule has 1 amide bonds. The number of methoxy groups -OCH3 is 1. The molecule has 0 heterocycles. The first-order valence-electron chi connectivity index (χ1n) is 10.9. The fourth-order valence-electron chi connectivity index (χ4n) is 2.97. The molecule has 0 fully saturated rings. The summed E-state index contributed by atoms with van der Waals surface area (Å²) in [6, 6.07) is 18.4. The Hall–Kier alpha value is -2.67. The zero-order chi connectivity index (χ0) is 24.1. The first-order valence-corrected chi connectivity index (χ1v) is 12.5. The van der Waals surface area contributed by atoms with Crippen LogP contribution >= 0.6 is 7.60 Å². The highest BCUT2D eigenvalue weighted by Gasteiger charge is 2.40. The molecular weight excluding hydrogens is 445 g/mol. The Balaban J connectivity index is 2.18. The maximum absolute atomic E-state index is 13.9. The molecule has 0 saturated heterocycles. The zero-order valence-electron chi connectivity index (χ0n) is 19.3. The minimum absolute atomic E-state index is 0.0185. The van der Waals surface area contributed by atoms with Gasteiger partial charge in [0.05, 0.1) is 13.7 Å². The van der Waals surface area contributed by atoms with Gasteiger partial charge >= 0.3 is 19.7 Å². The van der Waals surface area contributed by atoms with Gasteiger partial charge in [0.25, 0.3) is 0 Å². The highest BCUT2D eigenvalue weighted by molar-refractivity contribution is 7.54. The number of unbranched alkanes of at least 4 members (excludes halogenated alkanes) is 1. The minimum Gasteiger partial charge on any atom is -0.467 e. The monoisotopic (exact) mass is 477 g/mol. The van der Waals surface area contributed by atoms with Crippen LogP contribution in [0.15, 0.2) is 60.7 Å². The fraction of sp³-hybridized carbons (Fsp3) is 0.417. The van der Waals surface area contributed by atoms with E-state index in [1.165, 1.54) is 14.0 Å². The van der Waals surface area contributed by atoms with Crippen LogP contribution in [0.2, 0.25) is 0 Å². The van der Waals surface area contributed by atoms with Gasteiger partial charge in [0.15, 0.2) is 6.10 Å². The lowest BCUT2D eigenvalue weighted by Crippen LogP contribution is -2.37. The molecule has 0 spiro atoms. The topological polar surface area (TPSA) is 100 Å². The van der Waals surface area contributed by atoms with E-state index in [2.05, 4.69) is 5.32 Å². The van der Waals surface area contributed by atoms with Gasteiger partial charge in [-0.15, -0.1) is 0 Å². The van der Waals surface area contributed by atoms with Crippen molar-refractivity contribution in [3.8, 4) is 0 Å². The lowest BCUT2D eigenvalue weighted by Gasteiger charge is -2.29. The fourth-order valence-corrected chi connectivity index (χ4v) is 4.98. The number of carbonyl (C=O) groups is 2. The Morgan fingerprint density at radius 2 is 1.55 bits per heavy atom. The van der Waals surface area contributed by atoms with Gasteiger partial charge in [0.1, 0.15) is 12.4 Å². The average Bonchev–Trinajstić information content (AvgIpc) is 2.84. The number of hydrogen-bond donors (Lipinski definition) is 1. The summed E-state index contributed by atoms with van der Waals surface area (Å²) in [5.41, 5.74) is 1.59. The molecule has 33 heavy (non-hydrogen) atoms. The first-order chi connectivity index (χ1) is 15.9. The summed E-state index contributed by atoms with van der Waals surface area (Å²) in [5.74, 6) is -1.70. The summed E-state index contributed by atoms with van der Waals surface area (Å²) >= 11 is 0.